The van der Waals surface area contributed by atoms with Gasteiger partial charge in [0.15, 0.2) is 0 Å². The molecule has 0 fully saturated rings. The molecule has 1 heterocycles. The van der Waals surface area contributed by atoms with Gasteiger partial charge in [-0.1, -0.05) is 26.0 Å². The van der Waals surface area contributed by atoms with Crippen molar-refractivity contribution in [2.24, 2.45) is 5.92 Å². The molecule has 0 spiro atoms. The van der Waals surface area contributed by atoms with E-state index >= 15 is 0 Å². The van der Waals surface area contributed by atoms with Crippen LogP contribution in [0.3, 0.4) is 0 Å². The van der Waals surface area contributed by atoms with E-state index in [0.29, 0.717) is 16.8 Å². The van der Waals surface area contributed by atoms with Crippen LogP contribution in [0.15, 0.2) is 54.6 Å². The fraction of sp³-hybridized carbons (Fsp3) is 0.261. The van der Waals surface area contributed by atoms with Crippen LogP contribution in [0.4, 0.5) is 30.6 Å². The predicted octanol–water partition coefficient (Wildman–Crippen LogP) is 4.31. The van der Waals surface area contributed by atoms with Crippen molar-refractivity contribution in [1.82, 2.24) is 9.97 Å². The van der Waals surface area contributed by atoms with Gasteiger partial charge in [-0.15, -0.1) is 13.2 Å². The Morgan fingerprint density at radius 1 is 1.12 bits per heavy atom. The van der Waals surface area contributed by atoms with Crippen molar-refractivity contribution in [3.8, 4) is 17.0 Å². The van der Waals surface area contributed by atoms with Gasteiger partial charge in [0.25, 0.3) is 5.91 Å². The highest BCUT2D eigenvalue weighted by Gasteiger charge is 2.31. The molecule has 8 nitrogen and oxygen atoms in total. The van der Waals surface area contributed by atoms with Crippen molar-refractivity contribution >= 4 is 23.4 Å². The number of carbonyl (C=O) groups excluding carboxylic acids is 1. The van der Waals surface area contributed by atoms with E-state index in [4.69, 9.17) is 5.73 Å². The molecule has 11 heteroatoms. The third-order valence-corrected chi connectivity index (χ3v) is 4.82. The molecule has 2 aromatic carbocycles. The number of ether oxygens (including phenoxy) is 1. The molecule has 5 N–H and O–H groups in total. The fourth-order valence-corrected chi connectivity index (χ4v) is 2.99. The summed E-state index contributed by atoms with van der Waals surface area (Å²) in [6.07, 6.45) is -4.85. The van der Waals surface area contributed by atoms with Gasteiger partial charge < -0.3 is 26.2 Å². The molecule has 34 heavy (non-hydrogen) atoms. The second-order valence-corrected chi connectivity index (χ2v) is 7.79. The predicted molar refractivity (Wildman–Crippen MR) is 122 cm³/mol. The van der Waals surface area contributed by atoms with Gasteiger partial charge in [0.05, 0.1) is 18.3 Å². The van der Waals surface area contributed by atoms with Crippen molar-refractivity contribution in [1.29, 1.82) is 0 Å². The third-order valence-electron chi connectivity index (χ3n) is 4.82. The van der Waals surface area contributed by atoms with E-state index in [1.54, 1.807) is 30.3 Å². The molecule has 0 unspecified atom stereocenters. The topological polar surface area (TPSA) is 122 Å². The van der Waals surface area contributed by atoms with Gasteiger partial charge in [0, 0.05) is 22.9 Å². The first kappa shape index (κ1) is 24.8. The quantitative estimate of drug-likeness (QED) is 0.358. The SMILES string of the molecule is CC(C)[C@H](CO)Nc1nc(NC(=O)c2ccc(N)cc2)cc(-c2cccc(OC(F)(F)F)c2)n1. The third kappa shape index (κ3) is 6.82. The maximum Gasteiger partial charge on any atom is 0.573 e. The Morgan fingerprint density at radius 3 is 2.44 bits per heavy atom. The van der Waals surface area contributed by atoms with Gasteiger partial charge in [-0.2, -0.15) is 4.98 Å². The number of anilines is 3. The number of aliphatic hydroxyl groups is 1. The molecule has 0 saturated carbocycles. The van der Waals surface area contributed by atoms with E-state index < -0.39 is 24.1 Å². The number of carbonyl (C=O) groups is 1. The van der Waals surface area contributed by atoms with E-state index in [1.165, 1.54) is 24.3 Å². The second-order valence-electron chi connectivity index (χ2n) is 7.79. The highest BCUT2D eigenvalue weighted by atomic mass is 19.4. The number of nitrogens with two attached hydrogens (primary N) is 1. The minimum atomic E-state index is -4.85. The molecular formula is C23H24F3N5O3. The first-order chi connectivity index (χ1) is 16.0. The van der Waals surface area contributed by atoms with Crippen LogP contribution in [0, 0.1) is 5.92 Å². The Morgan fingerprint density at radius 2 is 1.82 bits per heavy atom. The number of alkyl halides is 3. The Hall–Kier alpha value is -3.86. The lowest BCUT2D eigenvalue weighted by Crippen LogP contribution is -2.30. The number of nitrogens with zero attached hydrogens (tertiary/aromatic N) is 2. The molecular weight excluding hydrogens is 451 g/mol. The molecule has 1 amide bonds. The van der Waals surface area contributed by atoms with E-state index in [1.807, 2.05) is 13.8 Å². The average Bonchev–Trinajstić information content (AvgIpc) is 2.76. The zero-order chi connectivity index (χ0) is 24.9. The number of hydrogen-bond donors (Lipinski definition) is 4. The van der Waals surface area contributed by atoms with E-state index in [-0.39, 0.29) is 30.0 Å². The van der Waals surface area contributed by atoms with Gasteiger partial charge in [0.1, 0.15) is 11.6 Å². The first-order valence-corrected chi connectivity index (χ1v) is 10.3. The number of benzene rings is 2. The molecule has 0 radical (unpaired) electrons. The molecule has 0 bridgehead atoms. The van der Waals surface area contributed by atoms with Crippen molar-refractivity contribution in [3.05, 3.63) is 60.2 Å². The fourth-order valence-electron chi connectivity index (χ4n) is 2.99. The molecule has 3 rings (SSSR count). The van der Waals surface area contributed by atoms with Crippen molar-refractivity contribution in [3.63, 3.8) is 0 Å². The Balaban J connectivity index is 1.98. The Bertz CT molecular complexity index is 1140. The number of nitrogens with one attached hydrogen (secondary N) is 2. The number of aromatic nitrogens is 2. The van der Waals surface area contributed by atoms with Crippen LogP contribution in [0.1, 0.15) is 24.2 Å². The Labute approximate surface area is 194 Å². The summed E-state index contributed by atoms with van der Waals surface area (Å²) < 4.78 is 42.0. The number of rotatable bonds is 8. The lowest BCUT2D eigenvalue weighted by atomic mass is 10.1. The van der Waals surface area contributed by atoms with Gasteiger partial charge in [0.2, 0.25) is 5.95 Å². The monoisotopic (exact) mass is 475 g/mol. The summed E-state index contributed by atoms with van der Waals surface area (Å²) in [6, 6.07) is 12.6. The van der Waals surface area contributed by atoms with Gasteiger partial charge in [-0.25, -0.2) is 4.98 Å². The summed E-state index contributed by atoms with van der Waals surface area (Å²) in [4.78, 5) is 21.3. The zero-order valence-corrected chi connectivity index (χ0v) is 18.4. The highest BCUT2D eigenvalue weighted by molar-refractivity contribution is 6.04. The summed E-state index contributed by atoms with van der Waals surface area (Å²) in [7, 11) is 0. The molecule has 180 valence electrons. The number of aliphatic hydroxyl groups excluding tert-OH is 1. The minimum absolute atomic E-state index is 0.0218. The second kappa shape index (κ2) is 10.4. The summed E-state index contributed by atoms with van der Waals surface area (Å²) >= 11 is 0. The average molecular weight is 475 g/mol. The highest BCUT2D eigenvalue weighted by Crippen LogP contribution is 2.29. The largest absolute Gasteiger partial charge is 0.573 e. The van der Waals surface area contributed by atoms with Gasteiger partial charge >= 0.3 is 6.36 Å². The first-order valence-electron chi connectivity index (χ1n) is 10.3. The Kier molecular flexibility index (Phi) is 7.57. The van der Waals surface area contributed by atoms with Crippen molar-refractivity contribution < 1.29 is 27.8 Å². The van der Waals surface area contributed by atoms with Crippen LogP contribution in [0.2, 0.25) is 0 Å². The molecule has 1 aromatic heterocycles. The summed E-state index contributed by atoms with van der Waals surface area (Å²) in [6.45, 7) is 3.58. The molecule has 3 aromatic rings. The number of hydrogen-bond acceptors (Lipinski definition) is 7. The lowest BCUT2D eigenvalue weighted by molar-refractivity contribution is -0.274. The molecule has 0 aliphatic heterocycles. The van der Waals surface area contributed by atoms with Crippen LogP contribution in [-0.4, -0.2) is 40.0 Å². The van der Waals surface area contributed by atoms with Crippen molar-refractivity contribution in [2.45, 2.75) is 26.3 Å². The molecule has 0 aliphatic rings. The van der Waals surface area contributed by atoms with E-state index in [0.717, 1.165) is 0 Å². The van der Waals surface area contributed by atoms with Crippen LogP contribution in [0.25, 0.3) is 11.3 Å². The standard InChI is InChI=1S/C23H24F3N5O3/c1-13(2)19(12-32)29-22-28-18(15-4-3-5-17(10-15)34-23(24,25)26)11-20(31-22)30-21(33)14-6-8-16(27)9-7-14/h3-11,13,19,32H,12,27H2,1-2H3,(H2,28,29,30,31,33)/t19-/m0/s1. The lowest BCUT2D eigenvalue weighted by Gasteiger charge is -2.20. The van der Waals surface area contributed by atoms with Gasteiger partial charge in [-0.05, 0) is 42.3 Å². The minimum Gasteiger partial charge on any atom is -0.406 e. The van der Waals surface area contributed by atoms with Gasteiger partial charge in [-0.3, -0.25) is 4.79 Å². The summed E-state index contributed by atoms with van der Waals surface area (Å²) in [5.74, 6) is -0.668. The van der Waals surface area contributed by atoms with Crippen molar-refractivity contribution in [2.75, 3.05) is 23.0 Å². The van der Waals surface area contributed by atoms with E-state index in [2.05, 4.69) is 25.3 Å². The molecule has 0 aliphatic carbocycles. The molecule has 0 saturated heterocycles. The van der Waals surface area contributed by atoms with E-state index in [9.17, 15) is 23.1 Å². The normalized spacial score (nSPS) is 12.3. The maximum atomic E-state index is 12.7. The van der Waals surface area contributed by atoms with Crippen LogP contribution in [0.5, 0.6) is 5.75 Å². The maximum absolute atomic E-state index is 12.7. The number of halogens is 3. The summed E-state index contributed by atoms with van der Waals surface area (Å²) in [5, 5.41) is 15.3. The molecule has 1 atom stereocenters. The number of nitrogen functional groups attached to an aromatic ring is 1. The van der Waals surface area contributed by atoms with Crippen LogP contribution < -0.4 is 21.1 Å². The number of amides is 1. The van der Waals surface area contributed by atoms with Crippen LogP contribution >= 0.6 is 0 Å². The summed E-state index contributed by atoms with van der Waals surface area (Å²) in [5.41, 5.74) is 7.03. The van der Waals surface area contributed by atoms with Crippen LogP contribution in [-0.2, 0) is 0 Å². The zero-order valence-electron chi connectivity index (χ0n) is 18.4. The smallest absolute Gasteiger partial charge is 0.406 e.